The van der Waals surface area contributed by atoms with Crippen molar-refractivity contribution in [2.75, 3.05) is 58.3 Å². The standard InChI is InChI=1S/C20H29N5O5/c1-30-12-2-7-21-19(26)14-23-8-10-24(11-9-23)20(27)15-3-6-17(22-16-4-5-16)18(13-15)25(28)29/h3,6,13,16,22H,2,4-5,7-12,14H2,1H3,(H,21,26)/p+1. The number of methoxy groups -OCH3 is 1. The molecule has 1 aromatic rings. The van der Waals surface area contributed by atoms with Gasteiger partial charge in [0, 0.05) is 37.9 Å². The van der Waals surface area contributed by atoms with Crippen molar-refractivity contribution in [1.29, 1.82) is 0 Å². The first-order valence-corrected chi connectivity index (χ1v) is 10.4. The maximum atomic E-state index is 12.8. The van der Waals surface area contributed by atoms with E-state index < -0.39 is 4.92 Å². The number of nitro benzene ring substituents is 1. The topological polar surface area (TPSA) is 118 Å². The summed E-state index contributed by atoms with van der Waals surface area (Å²) >= 11 is 0. The number of piperazine rings is 1. The fourth-order valence-corrected chi connectivity index (χ4v) is 3.50. The van der Waals surface area contributed by atoms with Gasteiger partial charge < -0.3 is 25.2 Å². The maximum Gasteiger partial charge on any atom is 0.293 e. The number of nitrogens with zero attached hydrogens (tertiary/aromatic N) is 2. The van der Waals surface area contributed by atoms with E-state index in [2.05, 4.69) is 10.6 Å². The molecule has 30 heavy (non-hydrogen) atoms. The Morgan fingerprint density at radius 2 is 2.03 bits per heavy atom. The number of quaternary nitrogens is 1. The van der Waals surface area contributed by atoms with Gasteiger partial charge in [-0.2, -0.15) is 0 Å². The van der Waals surface area contributed by atoms with Gasteiger partial charge in [0.25, 0.3) is 17.5 Å². The summed E-state index contributed by atoms with van der Waals surface area (Å²) in [7, 11) is 1.63. The Balaban J connectivity index is 1.50. The van der Waals surface area contributed by atoms with Crippen molar-refractivity contribution in [2.45, 2.75) is 25.3 Å². The van der Waals surface area contributed by atoms with Gasteiger partial charge in [-0.3, -0.25) is 19.7 Å². The Kier molecular flexibility index (Phi) is 7.58. The quantitative estimate of drug-likeness (QED) is 0.271. The molecule has 1 saturated heterocycles. The molecule has 2 aliphatic rings. The van der Waals surface area contributed by atoms with Crippen LogP contribution in [0.3, 0.4) is 0 Å². The summed E-state index contributed by atoms with van der Waals surface area (Å²) in [6.45, 7) is 3.95. The molecule has 10 nitrogen and oxygen atoms in total. The number of nitro groups is 1. The Hall–Kier alpha value is -2.72. The zero-order valence-corrected chi connectivity index (χ0v) is 17.3. The van der Waals surface area contributed by atoms with Crippen LogP contribution in [0.1, 0.15) is 29.6 Å². The summed E-state index contributed by atoms with van der Waals surface area (Å²) in [5, 5.41) is 17.4. The largest absolute Gasteiger partial charge is 0.385 e. The Bertz CT molecular complexity index is 775. The van der Waals surface area contributed by atoms with Crippen molar-refractivity contribution in [3.05, 3.63) is 33.9 Å². The van der Waals surface area contributed by atoms with E-state index in [0.29, 0.717) is 63.2 Å². The van der Waals surface area contributed by atoms with Gasteiger partial charge in [0.05, 0.1) is 31.1 Å². The van der Waals surface area contributed by atoms with Gasteiger partial charge in [-0.05, 0) is 31.4 Å². The lowest BCUT2D eigenvalue weighted by molar-refractivity contribution is -0.896. The molecule has 0 radical (unpaired) electrons. The zero-order valence-electron chi connectivity index (χ0n) is 17.3. The van der Waals surface area contributed by atoms with E-state index >= 15 is 0 Å². The first-order chi connectivity index (χ1) is 14.5. The smallest absolute Gasteiger partial charge is 0.293 e. The second-order valence-corrected chi connectivity index (χ2v) is 7.82. The fourth-order valence-electron chi connectivity index (χ4n) is 3.50. The number of rotatable bonds is 10. The van der Waals surface area contributed by atoms with Crippen molar-refractivity contribution < 1.29 is 24.1 Å². The molecule has 2 amide bonds. The van der Waals surface area contributed by atoms with Crippen LogP contribution in [0.5, 0.6) is 0 Å². The summed E-state index contributed by atoms with van der Waals surface area (Å²) < 4.78 is 4.96. The lowest BCUT2D eigenvalue weighted by atomic mass is 10.1. The van der Waals surface area contributed by atoms with Crippen molar-refractivity contribution >= 4 is 23.2 Å². The van der Waals surface area contributed by atoms with Crippen molar-refractivity contribution in [1.82, 2.24) is 10.2 Å². The summed E-state index contributed by atoms with van der Waals surface area (Å²) in [6, 6.07) is 4.92. The van der Waals surface area contributed by atoms with Gasteiger partial charge in [-0.25, -0.2) is 0 Å². The van der Waals surface area contributed by atoms with Crippen LogP contribution < -0.4 is 15.5 Å². The minimum Gasteiger partial charge on any atom is -0.385 e. The van der Waals surface area contributed by atoms with Crippen LogP contribution in [0.4, 0.5) is 11.4 Å². The molecule has 1 aliphatic carbocycles. The van der Waals surface area contributed by atoms with E-state index in [0.717, 1.165) is 24.2 Å². The molecule has 0 spiro atoms. The van der Waals surface area contributed by atoms with E-state index in [9.17, 15) is 19.7 Å². The van der Waals surface area contributed by atoms with Crippen LogP contribution in [0, 0.1) is 10.1 Å². The van der Waals surface area contributed by atoms with Crippen LogP contribution in [0.15, 0.2) is 18.2 Å². The molecular formula is C20H30N5O5+. The molecule has 1 saturated carbocycles. The highest BCUT2D eigenvalue weighted by molar-refractivity contribution is 5.95. The molecule has 0 unspecified atom stereocenters. The van der Waals surface area contributed by atoms with Gasteiger partial charge in [0.2, 0.25) is 0 Å². The molecule has 3 rings (SSSR count). The summed E-state index contributed by atoms with van der Waals surface area (Å²) in [4.78, 5) is 38.6. The number of carbonyl (C=O) groups is 2. The van der Waals surface area contributed by atoms with Crippen LogP contribution >= 0.6 is 0 Å². The monoisotopic (exact) mass is 420 g/mol. The third-order valence-corrected chi connectivity index (χ3v) is 5.39. The molecule has 0 atom stereocenters. The normalized spacial score (nSPS) is 16.9. The summed E-state index contributed by atoms with van der Waals surface area (Å²) in [6.07, 6.45) is 2.80. The maximum absolute atomic E-state index is 12.8. The minimum absolute atomic E-state index is 0.00439. The van der Waals surface area contributed by atoms with Crippen LogP contribution in [-0.2, 0) is 9.53 Å². The van der Waals surface area contributed by atoms with E-state index in [4.69, 9.17) is 4.74 Å². The number of nitrogens with one attached hydrogen (secondary N) is 3. The van der Waals surface area contributed by atoms with Crippen molar-refractivity contribution in [3.63, 3.8) is 0 Å². The number of amides is 2. The highest BCUT2D eigenvalue weighted by Crippen LogP contribution is 2.31. The molecule has 2 fully saturated rings. The number of anilines is 1. The lowest BCUT2D eigenvalue weighted by Gasteiger charge is -2.32. The van der Waals surface area contributed by atoms with Crippen LogP contribution in [-0.4, -0.2) is 80.7 Å². The Labute approximate surface area is 175 Å². The number of benzene rings is 1. The number of carbonyl (C=O) groups excluding carboxylic acids is 2. The molecule has 0 aromatic heterocycles. The van der Waals surface area contributed by atoms with Gasteiger partial charge in [0.1, 0.15) is 5.69 Å². The molecule has 3 N–H and O–H groups in total. The van der Waals surface area contributed by atoms with Crippen molar-refractivity contribution in [3.8, 4) is 0 Å². The second kappa shape index (κ2) is 10.4. The Morgan fingerprint density at radius 1 is 1.30 bits per heavy atom. The molecule has 1 aromatic carbocycles. The number of hydrogen-bond donors (Lipinski definition) is 3. The van der Waals surface area contributed by atoms with Crippen LogP contribution in [0.25, 0.3) is 0 Å². The number of ether oxygens (including phenoxy) is 1. The molecule has 164 valence electrons. The van der Waals surface area contributed by atoms with Crippen molar-refractivity contribution in [2.24, 2.45) is 0 Å². The van der Waals surface area contributed by atoms with E-state index in [-0.39, 0.29) is 17.5 Å². The average molecular weight is 420 g/mol. The molecule has 1 aliphatic heterocycles. The third-order valence-electron chi connectivity index (χ3n) is 5.39. The van der Waals surface area contributed by atoms with E-state index in [1.54, 1.807) is 24.1 Å². The second-order valence-electron chi connectivity index (χ2n) is 7.82. The first-order valence-electron chi connectivity index (χ1n) is 10.4. The zero-order chi connectivity index (χ0) is 21.5. The number of hydrogen-bond acceptors (Lipinski definition) is 6. The van der Waals surface area contributed by atoms with Gasteiger partial charge in [-0.1, -0.05) is 0 Å². The summed E-state index contributed by atoms with van der Waals surface area (Å²) in [5.74, 6) is -0.214. The van der Waals surface area contributed by atoms with Crippen LogP contribution in [0.2, 0.25) is 0 Å². The predicted octanol–water partition coefficient (Wildman–Crippen LogP) is -0.337. The van der Waals surface area contributed by atoms with Gasteiger partial charge in [-0.15, -0.1) is 0 Å². The summed E-state index contributed by atoms with van der Waals surface area (Å²) in [5.41, 5.74) is 0.717. The predicted molar refractivity (Wildman–Crippen MR) is 111 cm³/mol. The minimum atomic E-state index is -0.450. The SMILES string of the molecule is COCCCNC(=O)C[NH+]1CCN(C(=O)c2ccc(NC3CC3)c([N+](=O)[O-])c2)CC1. The lowest BCUT2D eigenvalue weighted by Crippen LogP contribution is -3.15. The van der Waals surface area contributed by atoms with E-state index in [1.807, 2.05) is 0 Å². The fraction of sp³-hybridized carbons (Fsp3) is 0.600. The van der Waals surface area contributed by atoms with Gasteiger partial charge >= 0.3 is 0 Å². The molecule has 10 heteroatoms. The molecule has 1 heterocycles. The van der Waals surface area contributed by atoms with Gasteiger partial charge in [0.15, 0.2) is 6.54 Å². The molecule has 0 bridgehead atoms. The highest BCUT2D eigenvalue weighted by atomic mass is 16.6. The third kappa shape index (κ3) is 6.14. The first kappa shape index (κ1) is 22.0. The highest BCUT2D eigenvalue weighted by Gasteiger charge is 2.29. The molecular weight excluding hydrogens is 390 g/mol. The van der Waals surface area contributed by atoms with E-state index in [1.165, 1.54) is 6.07 Å². The Morgan fingerprint density at radius 3 is 2.67 bits per heavy atom. The average Bonchev–Trinajstić information content (AvgIpc) is 3.55.